The summed E-state index contributed by atoms with van der Waals surface area (Å²) in [4.78, 5) is 6.93. The molecule has 1 aromatic carbocycles. The fraction of sp³-hybridized carbons (Fsp3) is 0.458. The molecular formula is C24H31N5O. The molecule has 0 unspecified atom stereocenters. The molecule has 0 bridgehead atoms. The Balaban J connectivity index is 1.68. The van der Waals surface area contributed by atoms with Crippen LogP contribution in [0.4, 0.5) is 11.6 Å². The van der Waals surface area contributed by atoms with Crippen molar-refractivity contribution in [2.24, 2.45) is 0 Å². The van der Waals surface area contributed by atoms with Crippen LogP contribution in [-0.2, 0) is 0 Å². The summed E-state index contributed by atoms with van der Waals surface area (Å²) < 4.78 is 0. The van der Waals surface area contributed by atoms with Gasteiger partial charge in [-0.05, 0) is 70.2 Å². The van der Waals surface area contributed by atoms with Crippen molar-refractivity contribution in [1.82, 2.24) is 15.2 Å². The SMILES string of the molecule is Cc1cccc([C@@H](C)Nc2nnc(C)c3cnc(N4CCC(C)(O)CC4)cc23)c1C. The lowest BCUT2D eigenvalue weighted by Crippen LogP contribution is -2.42. The molecule has 1 fully saturated rings. The maximum atomic E-state index is 10.3. The van der Waals surface area contributed by atoms with Crippen LogP contribution in [0.2, 0.25) is 0 Å². The summed E-state index contributed by atoms with van der Waals surface area (Å²) in [7, 11) is 0. The van der Waals surface area contributed by atoms with E-state index >= 15 is 0 Å². The molecule has 0 saturated carbocycles. The first-order valence-corrected chi connectivity index (χ1v) is 10.7. The second-order valence-electron chi connectivity index (χ2n) is 8.86. The smallest absolute Gasteiger partial charge is 0.157 e. The van der Waals surface area contributed by atoms with Gasteiger partial charge in [0.25, 0.3) is 0 Å². The summed E-state index contributed by atoms with van der Waals surface area (Å²) in [5.74, 6) is 1.70. The van der Waals surface area contributed by atoms with E-state index in [2.05, 4.69) is 65.5 Å². The molecule has 2 aromatic heterocycles. The van der Waals surface area contributed by atoms with Crippen LogP contribution in [-0.4, -0.2) is 39.0 Å². The zero-order valence-electron chi connectivity index (χ0n) is 18.5. The number of aryl methyl sites for hydroxylation is 2. The number of pyridine rings is 1. The quantitative estimate of drug-likeness (QED) is 0.667. The van der Waals surface area contributed by atoms with E-state index in [4.69, 9.17) is 4.98 Å². The Labute approximate surface area is 178 Å². The summed E-state index contributed by atoms with van der Waals surface area (Å²) in [6.07, 6.45) is 3.39. The molecule has 6 heteroatoms. The van der Waals surface area contributed by atoms with E-state index in [1.165, 1.54) is 16.7 Å². The highest BCUT2D eigenvalue weighted by Crippen LogP contribution is 2.31. The van der Waals surface area contributed by atoms with E-state index in [0.717, 1.165) is 54.0 Å². The van der Waals surface area contributed by atoms with E-state index in [1.807, 2.05) is 20.0 Å². The number of aliphatic hydroxyl groups is 1. The van der Waals surface area contributed by atoms with Crippen LogP contribution in [0.1, 0.15) is 55.1 Å². The average Bonchev–Trinajstić information content (AvgIpc) is 2.72. The standard InChI is InChI=1S/C24H31N5O/c1-15-7-6-8-19(16(15)2)17(3)26-23-20-13-22(25-14-21(20)18(4)27-28-23)29-11-9-24(5,30)10-12-29/h6-8,13-14,17,30H,9-12H2,1-5H3,(H,26,28)/t17-/m1/s1. The number of benzene rings is 1. The molecule has 1 aliphatic heterocycles. The average molecular weight is 406 g/mol. The van der Waals surface area contributed by atoms with Crippen LogP contribution in [0.25, 0.3) is 10.8 Å². The number of anilines is 2. The number of hydrogen-bond acceptors (Lipinski definition) is 6. The van der Waals surface area contributed by atoms with Gasteiger partial charge in [-0.25, -0.2) is 4.98 Å². The zero-order valence-corrected chi connectivity index (χ0v) is 18.5. The third kappa shape index (κ3) is 3.97. The zero-order chi connectivity index (χ0) is 21.5. The summed E-state index contributed by atoms with van der Waals surface area (Å²) in [6.45, 7) is 11.9. The number of hydrogen-bond donors (Lipinski definition) is 2. The highest BCUT2D eigenvalue weighted by atomic mass is 16.3. The van der Waals surface area contributed by atoms with Crippen molar-refractivity contribution in [3.8, 4) is 0 Å². The van der Waals surface area contributed by atoms with E-state index in [1.54, 1.807) is 0 Å². The second-order valence-corrected chi connectivity index (χ2v) is 8.86. The third-order valence-electron chi connectivity index (χ3n) is 6.47. The molecule has 1 atom stereocenters. The molecule has 0 amide bonds. The van der Waals surface area contributed by atoms with Gasteiger partial charge in [-0.1, -0.05) is 18.2 Å². The fourth-order valence-electron chi connectivity index (χ4n) is 4.18. The lowest BCUT2D eigenvalue weighted by atomic mass is 9.94. The van der Waals surface area contributed by atoms with Gasteiger partial charge in [0.2, 0.25) is 0 Å². The van der Waals surface area contributed by atoms with Gasteiger partial charge < -0.3 is 15.3 Å². The van der Waals surface area contributed by atoms with Crippen molar-refractivity contribution < 1.29 is 5.11 Å². The Morgan fingerprint density at radius 3 is 2.57 bits per heavy atom. The molecule has 4 rings (SSSR count). The minimum atomic E-state index is -0.580. The molecule has 2 N–H and O–H groups in total. The lowest BCUT2D eigenvalue weighted by molar-refractivity contribution is 0.0350. The van der Waals surface area contributed by atoms with Gasteiger partial charge in [-0.15, -0.1) is 5.10 Å². The first kappa shape index (κ1) is 20.5. The maximum Gasteiger partial charge on any atom is 0.157 e. The fourth-order valence-corrected chi connectivity index (χ4v) is 4.18. The molecule has 158 valence electrons. The van der Waals surface area contributed by atoms with Gasteiger partial charge in [0, 0.05) is 30.1 Å². The Morgan fingerprint density at radius 2 is 1.83 bits per heavy atom. The van der Waals surface area contributed by atoms with Crippen LogP contribution in [0.3, 0.4) is 0 Å². The largest absolute Gasteiger partial charge is 0.390 e. The second kappa shape index (κ2) is 7.84. The van der Waals surface area contributed by atoms with Crippen LogP contribution in [0.15, 0.2) is 30.5 Å². The molecule has 3 aromatic rings. The van der Waals surface area contributed by atoms with Gasteiger partial charge >= 0.3 is 0 Å². The molecule has 0 radical (unpaired) electrons. The van der Waals surface area contributed by atoms with Crippen molar-refractivity contribution in [2.75, 3.05) is 23.3 Å². The van der Waals surface area contributed by atoms with Gasteiger partial charge in [0.15, 0.2) is 5.82 Å². The normalized spacial score (nSPS) is 17.2. The maximum absolute atomic E-state index is 10.3. The number of aromatic nitrogens is 3. The van der Waals surface area contributed by atoms with Gasteiger partial charge in [0.1, 0.15) is 5.82 Å². The van der Waals surface area contributed by atoms with Crippen molar-refractivity contribution in [1.29, 1.82) is 0 Å². The lowest BCUT2D eigenvalue weighted by Gasteiger charge is -2.36. The number of fused-ring (bicyclic) bond motifs is 1. The first-order valence-electron chi connectivity index (χ1n) is 10.7. The molecule has 6 nitrogen and oxygen atoms in total. The third-order valence-corrected chi connectivity index (χ3v) is 6.47. The first-order chi connectivity index (χ1) is 14.2. The van der Waals surface area contributed by atoms with Crippen molar-refractivity contribution in [3.05, 3.63) is 52.8 Å². The van der Waals surface area contributed by atoms with Crippen LogP contribution < -0.4 is 10.2 Å². The summed E-state index contributed by atoms with van der Waals surface area (Å²) in [5, 5.41) is 24.7. The van der Waals surface area contributed by atoms with E-state index in [9.17, 15) is 5.11 Å². The number of nitrogens with one attached hydrogen (secondary N) is 1. The van der Waals surface area contributed by atoms with Crippen LogP contribution in [0, 0.1) is 20.8 Å². The van der Waals surface area contributed by atoms with Crippen LogP contribution in [0.5, 0.6) is 0 Å². The highest BCUT2D eigenvalue weighted by Gasteiger charge is 2.28. The molecule has 3 heterocycles. The van der Waals surface area contributed by atoms with Gasteiger partial charge in [0.05, 0.1) is 17.3 Å². The number of rotatable bonds is 4. The Hall–Kier alpha value is -2.73. The van der Waals surface area contributed by atoms with Crippen molar-refractivity contribution in [3.63, 3.8) is 0 Å². The summed E-state index contributed by atoms with van der Waals surface area (Å²) >= 11 is 0. The predicted molar refractivity (Wildman–Crippen MR) is 122 cm³/mol. The highest BCUT2D eigenvalue weighted by molar-refractivity contribution is 5.94. The Morgan fingerprint density at radius 1 is 1.10 bits per heavy atom. The molecule has 0 aliphatic carbocycles. The monoisotopic (exact) mass is 405 g/mol. The Bertz CT molecular complexity index is 1070. The van der Waals surface area contributed by atoms with E-state index < -0.39 is 5.60 Å². The van der Waals surface area contributed by atoms with Gasteiger partial charge in [-0.2, -0.15) is 5.10 Å². The Kier molecular flexibility index (Phi) is 5.36. The topological polar surface area (TPSA) is 74.2 Å². The minimum absolute atomic E-state index is 0.104. The predicted octanol–water partition coefficient (Wildman–Crippen LogP) is 4.47. The summed E-state index contributed by atoms with van der Waals surface area (Å²) in [6, 6.07) is 8.61. The van der Waals surface area contributed by atoms with E-state index in [0.29, 0.717) is 0 Å². The molecule has 1 aliphatic rings. The number of nitrogens with zero attached hydrogens (tertiary/aromatic N) is 4. The summed E-state index contributed by atoms with van der Waals surface area (Å²) in [5.41, 5.74) is 4.13. The molecule has 30 heavy (non-hydrogen) atoms. The minimum Gasteiger partial charge on any atom is -0.390 e. The molecular weight excluding hydrogens is 374 g/mol. The number of piperidine rings is 1. The van der Waals surface area contributed by atoms with Crippen LogP contribution >= 0.6 is 0 Å². The van der Waals surface area contributed by atoms with Crippen molar-refractivity contribution in [2.45, 2.75) is 59.1 Å². The van der Waals surface area contributed by atoms with Gasteiger partial charge in [-0.3, -0.25) is 0 Å². The van der Waals surface area contributed by atoms with E-state index in [-0.39, 0.29) is 6.04 Å². The molecule has 1 saturated heterocycles. The van der Waals surface area contributed by atoms with Crippen molar-refractivity contribution >= 4 is 22.4 Å². The molecule has 0 spiro atoms.